The quantitative estimate of drug-likeness (QED) is 0.601. The highest BCUT2D eigenvalue weighted by atomic mass is 32.1. The molecule has 0 amide bonds. The van der Waals surface area contributed by atoms with Gasteiger partial charge in [0.1, 0.15) is 5.69 Å². The molecule has 1 aromatic heterocycles. The number of hydrogen-bond acceptors (Lipinski definition) is 2. The number of carbonyl (C=O) groups is 1. The molecular weight excluding hydrogens is 208 g/mol. The molecule has 0 spiro atoms. The molecule has 2 rings (SSSR count). The highest BCUT2D eigenvalue weighted by Gasteiger charge is 2.12. The highest BCUT2D eigenvalue weighted by molar-refractivity contribution is 7.71. The van der Waals surface area contributed by atoms with Crippen molar-refractivity contribution in [2.75, 3.05) is 0 Å². The summed E-state index contributed by atoms with van der Waals surface area (Å²) >= 11 is 4.93. The summed E-state index contributed by atoms with van der Waals surface area (Å²) in [5, 5.41) is 0. The standard InChI is InChI=1S/C11H10N2OS/c1-7-9(13-11(15)12-7)10(14)8-5-3-2-4-6-8/h2-6H,1H3,(H2,12,13,15). The summed E-state index contributed by atoms with van der Waals surface area (Å²) in [4.78, 5) is 17.7. The van der Waals surface area contributed by atoms with Gasteiger partial charge in [-0.2, -0.15) is 0 Å². The van der Waals surface area contributed by atoms with Gasteiger partial charge in [0, 0.05) is 11.3 Å². The average Bonchev–Trinajstić information content (AvgIpc) is 2.58. The molecule has 4 heteroatoms. The molecular formula is C11H10N2OS. The maximum absolute atomic E-state index is 12.0. The van der Waals surface area contributed by atoms with Gasteiger partial charge in [0.05, 0.1) is 0 Å². The molecule has 0 aliphatic carbocycles. The smallest absolute Gasteiger partial charge is 0.211 e. The van der Waals surface area contributed by atoms with Crippen molar-refractivity contribution in [2.24, 2.45) is 0 Å². The fourth-order valence-electron chi connectivity index (χ4n) is 1.43. The molecule has 0 radical (unpaired) electrons. The fraction of sp³-hybridized carbons (Fsp3) is 0.0909. The minimum Gasteiger partial charge on any atom is -0.334 e. The van der Waals surface area contributed by atoms with Gasteiger partial charge in [0.15, 0.2) is 4.77 Å². The molecule has 2 N–H and O–H groups in total. The minimum absolute atomic E-state index is 0.0412. The first-order valence-corrected chi connectivity index (χ1v) is 4.98. The summed E-state index contributed by atoms with van der Waals surface area (Å²) in [6.45, 7) is 1.82. The van der Waals surface area contributed by atoms with Crippen molar-refractivity contribution in [3.63, 3.8) is 0 Å². The molecule has 3 nitrogen and oxygen atoms in total. The molecule has 0 bridgehead atoms. The summed E-state index contributed by atoms with van der Waals surface area (Å²) in [5.41, 5.74) is 1.96. The Labute approximate surface area is 92.2 Å². The van der Waals surface area contributed by atoms with E-state index in [4.69, 9.17) is 12.2 Å². The van der Waals surface area contributed by atoms with Crippen molar-refractivity contribution in [1.29, 1.82) is 0 Å². The monoisotopic (exact) mass is 218 g/mol. The van der Waals surface area contributed by atoms with Crippen LogP contribution >= 0.6 is 12.2 Å². The minimum atomic E-state index is -0.0412. The zero-order chi connectivity index (χ0) is 10.8. The van der Waals surface area contributed by atoms with Gasteiger partial charge in [-0.25, -0.2) is 0 Å². The molecule has 0 unspecified atom stereocenters. The molecule has 76 valence electrons. The van der Waals surface area contributed by atoms with E-state index < -0.39 is 0 Å². The third kappa shape index (κ3) is 1.89. The number of rotatable bonds is 2. The Morgan fingerprint density at radius 2 is 1.87 bits per heavy atom. The lowest BCUT2D eigenvalue weighted by atomic mass is 10.1. The summed E-state index contributed by atoms with van der Waals surface area (Å²) in [7, 11) is 0. The van der Waals surface area contributed by atoms with Crippen LogP contribution in [-0.4, -0.2) is 15.8 Å². The van der Waals surface area contributed by atoms with E-state index >= 15 is 0 Å². The van der Waals surface area contributed by atoms with Crippen LogP contribution in [0.1, 0.15) is 21.7 Å². The van der Waals surface area contributed by atoms with Gasteiger partial charge in [-0.3, -0.25) is 4.79 Å². The number of hydrogen-bond donors (Lipinski definition) is 2. The maximum Gasteiger partial charge on any atom is 0.211 e. The molecule has 0 saturated carbocycles. The highest BCUT2D eigenvalue weighted by Crippen LogP contribution is 2.10. The zero-order valence-corrected chi connectivity index (χ0v) is 9.02. The third-order valence-corrected chi connectivity index (χ3v) is 2.38. The summed E-state index contributed by atoms with van der Waals surface area (Å²) in [6, 6.07) is 9.12. The van der Waals surface area contributed by atoms with Gasteiger partial charge in [0.25, 0.3) is 0 Å². The second-order valence-corrected chi connectivity index (χ2v) is 3.68. The maximum atomic E-state index is 12.0. The molecule has 0 atom stereocenters. The lowest BCUT2D eigenvalue weighted by Crippen LogP contribution is -2.03. The van der Waals surface area contributed by atoms with Gasteiger partial charge in [-0.15, -0.1) is 0 Å². The first-order chi connectivity index (χ1) is 7.18. The number of H-pyrrole nitrogens is 2. The van der Waals surface area contributed by atoms with Crippen LogP contribution in [0.15, 0.2) is 30.3 Å². The summed E-state index contributed by atoms with van der Waals surface area (Å²) in [5.74, 6) is -0.0412. The van der Waals surface area contributed by atoms with E-state index in [1.165, 1.54) is 0 Å². The van der Waals surface area contributed by atoms with Crippen LogP contribution in [0.5, 0.6) is 0 Å². The topological polar surface area (TPSA) is 48.6 Å². The summed E-state index contributed by atoms with van der Waals surface area (Å²) < 4.78 is 0.479. The number of benzene rings is 1. The molecule has 15 heavy (non-hydrogen) atoms. The number of aromatic amines is 2. The number of aryl methyl sites for hydroxylation is 1. The van der Waals surface area contributed by atoms with Crippen LogP contribution in [0, 0.1) is 11.7 Å². The van der Waals surface area contributed by atoms with Crippen molar-refractivity contribution in [3.05, 3.63) is 52.1 Å². The molecule has 0 aliphatic rings. The second-order valence-electron chi connectivity index (χ2n) is 3.27. The van der Waals surface area contributed by atoms with Crippen molar-refractivity contribution in [1.82, 2.24) is 9.97 Å². The normalized spacial score (nSPS) is 10.2. The second kappa shape index (κ2) is 3.82. The Morgan fingerprint density at radius 1 is 1.20 bits per heavy atom. The fourth-order valence-corrected chi connectivity index (χ4v) is 1.69. The molecule has 0 saturated heterocycles. The van der Waals surface area contributed by atoms with Gasteiger partial charge in [-0.05, 0) is 19.1 Å². The first kappa shape index (κ1) is 9.86. The van der Waals surface area contributed by atoms with Crippen LogP contribution in [-0.2, 0) is 0 Å². The lowest BCUT2D eigenvalue weighted by Gasteiger charge is -1.98. The van der Waals surface area contributed by atoms with E-state index in [0.717, 1.165) is 5.69 Å². The predicted molar refractivity (Wildman–Crippen MR) is 60.6 cm³/mol. The van der Waals surface area contributed by atoms with Crippen LogP contribution in [0.3, 0.4) is 0 Å². The van der Waals surface area contributed by atoms with Gasteiger partial charge in [-0.1, -0.05) is 30.3 Å². The SMILES string of the molecule is Cc1[nH]c(=S)[nH]c1C(=O)c1ccccc1. The van der Waals surface area contributed by atoms with Crippen molar-refractivity contribution >= 4 is 18.0 Å². The van der Waals surface area contributed by atoms with E-state index in [0.29, 0.717) is 16.0 Å². The molecule has 0 fully saturated rings. The van der Waals surface area contributed by atoms with Crippen LogP contribution < -0.4 is 0 Å². The number of nitrogens with one attached hydrogen (secondary N) is 2. The van der Waals surface area contributed by atoms with Crippen molar-refractivity contribution in [3.8, 4) is 0 Å². The van der Waals surface area contributed by atoms with Crippen LogP contribution in [0.25, 0.3) is 0 Å². The van der Waals surface area contributed by atoms with Crippen molar-refractivity contribution < 1.29 is 4.79 Å². The van der Waals surface area contributed by atoms with Gasteiger partial charge in [0.2, 0.25) is 5.78 Å². The molecule has 2 aromatic rings. The molecule has 1 heterocycles. The van der Waals surface area contributed by atoms with E-state index in [1.54, 1.807) is 12.1 Å². The number of ketones is 1. The van der Waals surface area contributed by atoms with Crippen molar-refractivity contribution in [2.45, 2.75) is 6.92 Å². The first-order valence-electron chi connectivity index (χ1n) is 4.57. The molecule has 1 aromatic carbocycles. The van der Waals surface area contributed by atoms with E-state index in [2.05, 4.69) is 9.97 Å². The predicted octanol–water partition coefficient (Wildman–Crippen LogP) is 2.61. The van der Waals surface area contributed by atoms with E-state index in [-0.39, 0.29) is 5.78 Å². The Morgan fingerprint density at radius 3 is 2.40 bits per heavy atom. The largest absolute Gasteiger partial charge is 0.334 e. The van der Waals surface area contributed by atoms with Gasteiger partial charge < -0.3 is 9.97 Å². The summed E-state index contributed by atoms with van der Waals surface area (Å²) in [6.07, 6.45) is 0. The molecule has 0 aliphatic heterocycles. The van der Waals surface area contributed by atoms with Crippen LogP contribution in [0.4, 0.5) is 0 Å². The third-order valence-electron chi connectivity index (χ3n) is 2.18. The Bertz CT molecular complexity index is 539. The Balaban J connectivity index is 2.46. The number of carbonyl (C=O) groups excluding carboxylic acids is 1. The lowest BCUT2D eigenvalue weighted by molar-refractivity contribution is 0.103. The Hall–Kier alpha value is -1.68. The average molecular weight is 218 g/mol. The zero-order valence-electron chi connectivity index (χ0n) is 8.20. The number of imidazole rings is 1. The van der Waals surface area contributed by atoms with E-state index in [1.807, 2.05) is 25.1 Å². The number of aromatic nitrogens is 2. The van der Waals surface area contributed by atoms with E-state index in [9.17, 15) is 4.79 Å². The Kier molecular flexibility index (Phi) is 2.51. The van der Waals surface area contributed by atoms with Crippen LogP contribution in [0.2, 0.25) is 0 Å². The van der Waals surface area contributed by atoms with Gasteiger partial charge >= 0.3 is 0 Å².